The van der Waals surface area contributed by atoms with Gasteiger partial charge in [-0.25, -0.2) is 0 Å². The molecule has 1 saturated heterocycles. The second kappa shape index (κ2) is 8.52. The molecule has 2 rings (SSSR count). The van der Waals surface area contributed by atoms with E-state index in [0.29, 0.717) is 15.5 Å². The topological polar surface area (TPSA) is 107 Å². The number of hydrogen-bond acceptors (Lipinski definition) is 6. The molecule has 3 N–H and O–H groups in total. The van der Waals surface area contributed by atoms with Crippen LogP contribution in [0.25, 0.3) is 6.08 Å². The molecular weight excluding hydrogens is 400 g/mol. The summed E-state index contributed by atoms with van der Waals surface area (Å²) in [5.41, 5.74) is 0.381. The van der Waals surface area contributed by atoms with Crippen LogP contribution in [-0.2, 0) is 14.4 Å². The molecule has 26 heavy (non-hydrogen) atoms. The number of carboxylic acids is 1. The molecule has 1 heterocycles. The Morgan fingerprint density at radius 1 is 1.46 bits per heavy atom. The van der Waals surface area contributed by atoms with E-state index >= 15 is 0 Å². The van der Waals surface area contributed by atoms with E-state index in [1.807, 2.05) is 0 Å². The maximum absolute atomic E-state index is 12.5. The van der Waals surface area contributed by atoms with E-state index in [1.54, 1.807) is 0 Å². The summed E-state index contributed by atoms with van der Waals surface area (Å²) in [6.07, 6.45) is 1.40. The first-order chi connectivity index (χ1) is 12.2. The van der Waals surface area contributed by atoms with Crippen molar-refractivity contribution in [2.24, 2.45) is 0 Å². The Kier molecular flexibility index (Phi) is 6.63. The summed E-state index contributed by atoms with van der Waals surface area (Å²) in [5.74, 6) is -2.06. The molecule has 1 fully saturated rings. The number of benzene rings is 1. The van der Waals surface area contributed by atoms with Crippen molar-refractivity contribution in [1.29, 1.82) is 0 Å². The number of thioether (sulfide) groups is 1. The molecule has 2 amide bonds. The summed E-state index contributed by atoms with van der Waals surface area (Å²) >= 11 is 12.1. The minimum atomic E-state index is -1.15. The fraction of sp³-hybridized carbons (Fsp3) is 0.250. The van der Waals surface area contributed by atoms with Gasteiger partial charge in [0.15, 0.2) is 0 Å². The normalized spacial score (nSPS) is 16.8. The number of nitrogens with zero attached hydrogens (tertiary/aromatic N) is 1. The second-order valence-electron chi connectivity index (χ2n) is 5.41. The Bertz CT molecular complexity index is 812. The second-order valence-corrected chi connectivity index (χ2v) is 7.53. The van der Waals surface area contributed by atoms with Gasteiger partial charge in [0.25, 0.3) is 5.91 Å². The minimum Gasteiger partial charge on any atom is -0.507 e. The van der Waals surface area contributed by atoms with Gasteiger partial charge in [-0.2, -0.15) is 0 Å². The van der Waals surface area contributed by atoms with E-state index < -0.39 is 23.8 Å². The largest absolute Gasteiger partial charge is 0.507 e. The Morgan fingerprint density at radius 3 is 2.81 bits per heavy atom. The molecule has 10 heteroatoms. The zero-order chi connectivity index (χ0) is 19.4. The molecule has 138 valence electrons. The van der Waals surface area contributed by atoms with Gasteiger partial charge in [-0.3, -0.25) is 19.3 Å². The number of halogens is 1. The highest BCUT2D eigenvalue weighted by Crippen LogP contribution is 2.34. The first-order valence-corrected chi connectivity index (χ1v) is 9.05. The quantitative estimate of drug-likeness (QED) is 0.484. The number of nitrogens with one attached hydrogen (secondary N) is 1. The lowest BCUT2D eigenvalue weighted by molar-refractivity contribution is -0.141. The summed E-state index contributed by atoms with van der Waals surface area (Å²) in [6.45, 7) is 1.38. The number of hydrogen-bond donors (Lipinski definition) is 3. The zero-order valence-corrected chi connectivity index (χ0v) is 16.0. The van der Waals surface area contributed by atoms with Gasteiger partial charge >= 0.3 is 5.97 Å². The molecule has 0 aromatic heterocycles. The number of carbonyl (C=O) groups excluding carboxylic acids is 2. The molecule has 0 bridgehead atoms. The number of amides is 2. The SMILES string of the molecule is CC(NC(=O)CCN1C(=O)/C(=C/c2cc(Cl)ccc2O)SC1=S)C(=O)O. The number of phenolic OH excluding ortho intramolecular Hbond substituents is 1. The van der Waals surface area contributed by atoms with Gasteiger partial charge in [0.05, 0.1) is 4.91 Å². The predicted molar refractivity (Wildman–Crippen MR) is 103 cm³/mol. The predicted octanol–water partition coefficient (Wildman–Crippen LogP) is 2.23. The van der Waals surface area contributed by atoms with Gasteiger partial charge in [-0.15, -0.1) is 0 Å². The third kappa shape index (κ3) is 4.96. The van der Waals surface area contributed by atoms with Crippen molar-refractivity contribution >= 4 is 63.8 Å². The third-order valence-electron chi connectivity index (χ3n) is 3.46. The smallest absolute Gasteiger partial charge is 0.325 e. The van der Waals surface area contributed by atoms with E-state index in [2.05, 4.69) is 5.32 Å². The number of aliphatic carboxylic acids is 1. The van der Waals surface area contributed by atoms with Crippen molar-refractivity contribution in [1.82, 2.24) is 10.2 Å². The first-order valence-electron chi connectivity index (χ1n) is 7.45. The molecular formula is C16H15ClN2O5S2. The monoisotopic (exact) mass is 414 g/mol. The van der Waals surface area contributed by atoms with Crippen LogP contribution < -0.4 is 5.32 Å². The Morgan fingerprint density at radius 2 is 2.15 bits per heavy atom. The maximum atomic E-state index is 12.5. The molecule has 0 spiro atoms. The van der Waals surface area contributed by atoms with Crippen molar-refractivity contribution in [3.8, 4) is 5.75 Å². The lowest BCUT2D eigenvalue weighted by Crippen LogP contribution is -2.40. The number of carboxylic acid groups (broad SMARTS) is 1. The number of aromatic hydroxyl groups is 1. The number of rotatable bonds is 6. The molecule has 7 nitrogen and oxygen atoms in total. The molecule has 1 aromatic rings. The lowest BCUT2D eigenvalue weighted by Gasteiger charge is -2.15. The van der Waals surface area contributed by atoms with Crippen molar-refractivity contribution in [3.05, 3.63) is 33.7 Å². The van der Waals surface area contributed by atoms with Crippen LogP contribution in [-0.4, -0.2) is 49.8 Å². The van der Waals surface area contributed by atoms with E-state index in [9.17, 15) is 19.5 Å². The highest BCUT2D eigenvalue weighted by atomic mass is 35.5. The van der Waals surface area contributed by atoms with Gasteiger partial charge in [0.2, 0.25) is 5.91 Å². The Balaban J connectivity index is 2.04. The van der Waals surface area contributed by atoms with Crippen LogP contribution in [0.3, 0.4) is 0 Å². The van der Waals surface area contributed by atoms with Gasteiger partial charge < -0.3 is 15.5 Å². The molecule has 1 aliphatic rings. The summed E-state index contributed by atoms with van der Waals surface area (Å²) < 4.78 is 0.279. The summed E-state index contributed by atoms with van der Waals surface area (Å²) in [6, 6.07) is 3.45. The van der Waals surface area contributed by atoms with Crippen LogP contribution >= 0.6 is 35.6 Å². The van der Waals surface area contributed by atoms with Crippen molar-refractivity contribution in [2.75, 3.05) is 6.54 Å². The number of phenols is 1. The van der Waals surface area contributed by atoms with E-state index in [1.165, 1.54) is 36.1 Å². The van der Waals surface area contributed by atoms with Crippen molar-refractivity contribution < 1.29 is 24.6 Å². The zero-order valence-electron chi connectivity index (χ0n) is 13.6. The average molecular weight is 415 g/mol. The molecule has 0 radical (unpaired) electrons. The van der Waals surface area contributed by atoms with E-state index in [4.69, 9.17) is 28.9 Å². The van der Waals surface area contributed by atoms with Crippen molar-refractivity contribution in [2.45, 2.75) is 19.4 Å². The molecule has 1 unspecified atom stereocenters. The molecule has 0 saturated carbocycles. The average Bonchev–Trinajstić information content (AvgIpc) is 2.82. The van der Waals surface area contributed by atoms with Crippen LogP contribution in [0.1, 0.15) is 18.9 Å². The minimum absolute atomic E-state index is 0.0262. The Labute approximate surface area is 164 Å². The standard InChI is InChI=1S/C16H15ClN2O5S2/c1-8(15(23)24)18-13(21)4-5-19-14(22)12(26-16(19)25)7-9-6-10(17)2-3-11(9)20/h2-3,6-8,20H,4-5H2,1H3,(H,18,21)(H,23,24)/b12-7-. The fourth-order valence-electron chi connectivity index (χ4n) is 2.06. The highest BCUT2D eigenvalue weighted by Gasteiger charge is 2.32. The number of carbonyl (C=O) groups is 3. The molecule has 1 aliphatic heterocycles. The summed E-state index contributed by atoms with van der Waals surface area (Å²) in [5, 5.41) is 21.3. The van der Waals surface area contributed by atoms with Gasteiger partial charge in [0.1, 0.15) is 16.1 Å². The van der Waals surface area contributed by atoms with Gasteiger partial charge in [0, 0.05) is 23.6 Å². The number of thiocarbonyl (C=S) groups is 1. The molecule has 1 aromatic carbocycles. The van der Waals surface area contributed by atoms with Crippen molar-refractivity contribution in [3.63, 3.8) is 0 Å². The summed E-state index contributed by atoms with van der Waals surface area (Å²) in [7, 11) is 0. The molecule has 0 aliphatic carbocycles. The maximum Gasteiger partial charge on any atom is 0.325 e. The van der Waals surface area contributed by atoms with Gasteiger partial charge in [-0.05, 0) is 31.2 Å². The fourth-order valence-corrected chi connectivity index (χ4v) is 3.54. The van der Waals surface area contributed by atoms with Crippen LogP contribution in [0, 0.1) is 0 Å². The van der Waals surface area contributed by atoms with Crippen LogP contribution in [0.2, 0.25) is 5.02 Å². The molecule has 1 atom stereocenters. The lowest BCUT2D eigenvalue weighted by atomic mass is 10.2. The van der Waals surface area contributed by atoms with E-state index in [0.717, 1.165) is 11.8 Å². The summed E-state index contributed by atoms with van der Waals surface area (Å²) in [4.78, 5) is 36.5. The van der Waals surface area contributed by atoms with Gasteiger partial charge in [-0.1, -0.05) is 35.6 Å². The first kappa shape index (κ1) is 20.2. The van der Waals surface area contributed by atoms with Crippen LogP contribution in [0.15, 0.2) is 23.1 Å². The van der Waals surface area contributed by atoms with Crippen LogP contribution in [0.5, 0.6) is 5.75 Å². The van der Waals surface area contributed by atoms with Crippen LogP contribution in [0.4, 0.5) is 0 Å². The van der Waals surface area contributed by atoms with E-state index in [-0.39, 0.29) is 23.0 Å². The third-order valence-corrected chi connectivity index (χ3v) is 5.07. The highest BCUT2D eigenvalue weighted by molar-refractivity contribution is 8.26. The Hall–Kier alpha value is -2.10.